The number of alkyl halides is 3. The third-order valence-corrected chi connectivity index (χ3v) is 3.44. The Morgan fingerprint density at radius 1 is 1.37 bits per heavy atom. The Balaban J connectivity index is 2.12. The molecule has 0 amide bonds. The molecule has 1 fully saturated rings. The van der Waals surface area contributed by atoms with Crippen molar-refractivity contribution in [1.29, 1.82) is 0 Å². The molecule has 1 aromatic rings. The minimum Gasteiger partial charge on any atom is -0.359 e. The normalized spacial score (nSPS) is 17.5. The summed E-state index contributed by atoms with van der Waals surface area (Å²) in [5, 5.41) is 3.25. The van der Waals surface area contributed by atoms with E-state index < -0.39 is 11.7 Å². The number of nitrogens with one attached hydrogen (secondary N) is 1. The first-order valence-electron chi connectivity index (χ1n) is 6.42. The molecule has 1 saturated heterocycles. The van der Waals surface area contributed by atoms with Crippen molar-refractivity contribution < 1.29 is 13.2 Å². The van der Waals surface area contributed by atoms with Gasteiger partial charge in [-0.1, -0.05) is 0 Å². The summed E-state index contributed by atoms with van der Waals surface area (Å²) in [4.78, 5) is 5.52. The zero-order chi connectivity index (χ0) is 13.9. The van der Waals surface area contributed by atoms with Gasteiger partial charge in [-0.2, -0.15) is 13.2 Å². The predicted molar refractivity (Wildman–Crippen MR) is 68.1 cm³/mol. The molecule has 1 aliphatic heterocycles. The van der Waals surface area contributed by atoms with Crippen LogP contribution >= 0.6 is 0 Å². The van der Waals surface area contributed by atoms with Crippen LogP contribution in [0.4, 0.5) is 19.0 Å². The van der Waals surface area contributed by atoms with Gasteiger partial charge < -0.3 is 10.2 Å². The number of nitrogens with zero attached hydrogens (tertiary/aromatic N) is 2. The summed E-state index contributed by atoms with van der Waals surface area (Å²) in [6.45, 7) is 2.49. The Bertz CT molecular complexity index is 414. The molecule has 106 valence electrons. The van der Waals surface area contributed by atoms with E-state index in [1.165, 1.54) is 12.3 Å². The molecule has 6 heteroatoms. The number of hydrogen-bond acceptors (Lipinski definition) is 3. The topological polar surface area (TPSA) is 28.2 Å². The molecule has 2 rings (SSSR count). The van der Waals surface area contributed by atoms with Crippen LogP contribution in [0, 0.1) is 5.92 Å². The predicted octanol–water partition coefficient (Wildman–Crippen LogP) is 2.54. The summed E-state index contributed by atoms with van der Waals surface area (Å²) in [5.74, 6) is 0.447. The van der Waals surface area contributed by atoms with Crippen molar-refractivity contribution in [1.82, 2.24) is 10.3 Å². The molecule has 0 saturated carbocycles. The van der Waals surface area contributed by atoms with Crippen LogP contribution in [0.1, 0.15) is 18.4 Å². The van der Waals surface area contributed by atoms with E-state index in [1.54, 1.807) is 11.9 Å². The average Bonchev–Trinajstić information content (AvgIpc) is 2.39. The van der Waals surface area contributed by atoms with Crippen LogP contribution in [0.2, 0.25) is 0 Å². The van der Waals surface area contributed by atoms with Crippen molar-refractivity contribution in [2.75, 3.05) is 31.6 Å². The minimum atomic E-state index is -4.36. The first kappa shape index (κ1) is 14.1. The van der Waals surface area contributed by atoms with Gasteiger partial charge in [-0.25, -0.2) is 4.98 Å². The van der Waals surface area contributed by atoms with Gasteiger partial charge in [-0.3, -0.25) is 0 Å². The Morgan fingerprint density at radius 2 is 2.05 bits per heavy atom. The molecule has 0 atom stereocenters. The molecule has 19 heavy (non-hydrogen) atoms. The fourth-order valence-electron chi connectivity index (χ4n) is 2.46. The highest BCUT2D eigenvalue weighted by Crippen LogP contribution is 2.35. The maximum Gasteiger partial charge on any atom is 0.419 e. The molecule has 0 unspecified atom stereocenters. The highest BCUT2D eigenvalue weighted by Gasteiger charge is 2.35. The van der Waals surface area contributed by atoms with Gasteiger partial charge in [-0.15, -0.1) is 0 Å². The van der Waals surface area contributed by atoms with Crippen molar-refractivity contribution in [3.63, 3.8) is 0 Å². The minimum absolute atomic E-state index is 0.0218. The Kier molecular flexibility index (Phi) is 4.29. The SMILES string of the molecule is CN(CC1CCNCC1)c1ncccc1C(F)(F)F. The van der Waals surface area contributed by atoms with Crippen LogP contribution in [0.3, 0.4) is 0 Å². The van der Waals surface area contributed by atoms with Gasteiger partial charge in [0.2, 0.25) is 0 Å². The van der Waals surface area contributed by atoms with Gasteiger partial charge in [0.15, 0.2) is 0 Å². The molecule has 1 N–H and O–H groups in total. The monoisotopic (exact) mass is 273 g/mol. The molecule has 0 spiro atoms. The maximum absolute atomic E-state index is 12.9. The van der Waals surface area contributed by atoms with E-state index in [9.17, 15) is 13.2 Å². The van der Waals surface area contributed by atoms with Gasteiger partial charge in [-0.05, 0) is 44.0 Å². The average molecular weight is 273 g/mol. The number of rotatable bonds is 3. The molecule has 0 bridgehead atoms. The second kappa shape index (κ2) is 5.77. The molecule has 1 aromatic heterocycles. The van der Waals surface area contributed by atoms with Crippen LogP contribution in [-0.2, 0) is 6.18 Å². The zero-order valence-corrected chi connectivity index (χ0v) is 10.9. The van der Waals surface area contributed by atoms with E-state index in [0.29, 0.717) is 12.5 Å². The Labute approximate surface area is 110 Å². The summed E-state index contributed by atoms with van der Waals surface area (Å²) < 4.78 is 38.7. The lowest BCUT2D eigenvalue weighted by Gasteiger charge is -2.29. The van der Waals surface area contributed by atoms with E-state index in [0.717, 1.165) is 32.0 Å². The van der Waals surface area contributed by atoms with E-state index in [-0.39, 0.29) is 5.82 Å². The third kappa shape index (κ3) is 3.59. The standard InChI is InChI=1S/C13H18F3N3/c1-19(9-10-4-7-17-8-5-10)12-11(13(14,15)16)3-2-6-18-12/h2-3,6,10,17H,4-5,7-9H2,1H3. The Hall–Kier alpha value is -1.30. The van der Waals surface area contributed by atoms with Crippen LogP contribution in [0.15, 0.2) is 18.3 Å². The number of piperidine rings is 1. The quantitative estimate of drug-likeness (QED) is 0.917. The number of hydrogen-bond donors (Lipinski definition) is 1. The first-order chi connectivity index (χ1) is 8.98. The molecule has 0 aliphatic carbocycles. The van der Waals surface area contributed by atoms with Crippen molar-refractivity contribution in [2.24, 2.45) is 5.92 Å². The second-order valence-electron chi connectivity index (χ2n) is 4.95. The highest BCUT2D eigenvalue weighted by molar-refractivity contribution is 5.47. The summed E-state index contributed by atoms with van der Waals surface area (Å²) in [7, 11) is 1.68. The van der Waals surface area contributed by atoms with Crippen LogP contribution in [0.25, 0.3) is 0 Å². The fourth-order valence-corrected chi connectivity index (χ4v) is 2.46. The van der Waals surface area contributed by atoms with Crippen molar-refractivity contribution in [3.05, 3.63) is 23.9 Å². The van der Waals surface area contributed by atoms with Crippen LogP contribution in [0.5, 0.6) is 0 Å². The summed E-state index contributed by atoms with van der Waals surface area (Å²) in [5.41, 5.74) is -0.661. The van der Waals surface area contributed by atoms with Gasteiger partial charge in [0.05, 0.1) is 5.56 Å². The van der Waals surface area contributed by atoms with Crippen LogP contribution in [-0.4, -0.2) is 31.7 Å². The molecule has 3 nitrogen and oxygen atoms in total. The van der Waals surface area contributed by atoms with Gasteiger partial charge >= 0.3 is 6.18 Å². The van der Waals surface area contributed by atoms with E-state index in [2.05, 4.69) is 10.3 Å². The van der Waals surface area contributed by atoms with E-state index >= 15 is 0 Å². The molecule has 1 aliphatic rings. The van der Waals surface area contributed by atoms with E-state index in [4.69, 9.17) is 0 Å². The van der Waals surface area contributed by atoms with Gasteiger partial charge in [0, 0.05) is 19.8 Å². The van der Waals surface area contributed by atoms with E-state index in [1.807, 2.05) is 0 Å². The lowest BCUT2D eigenvalue weighted by atomic mass is 9.97. The number of pyridine rings is 1. The summed E-state index contributed by atoms with van der Waals surface area (Å²) in [6, 6.07) is 2.41. The largest absolute Gasteiger partial charge is 0.419 e. The summed E-state index contributed by atoms with van der Waals surface area (Å²) in [6.07, 6.45) is -0.952. The smallest absolute Gasteiger partial charge is 0.359 e. The zero-order valence-electron chi connectivity index (χ0n) is 10.9. The number of anilines is 1. The molecular weight excluding hydrogens is 255 g/mol. The lowest BCUT2D eigenvalue weighted by Crippen LogP contribution is -2.35. The molecule has 0 radical (unpaired) electrons. The molecule has 2 heterocycles. The van der Waals surface area contributed by atoms with Crippen LogP contribution < -0.4 is 10.2 Å². The highest BCUT2D eigenvalue weighted by atomic mass is 19.4. The van der Waals surface area contributed by atoms with Crippen molar-refractivity contribution >= 4 is 5.82 Å². The molecular formula is C13H18F3N3. The maximum atomic E-state index is 12.9. The molecule has 0 aromatic carbocycles. The number of aromatic nitrogens is 1. The van der Waals surface area contributed by atoms with Gasteiger partial charge in [0.1, 0.15) is 5.82 Å². The van der Waals surface area contributed by atoms with Crippen molar-refractivity contribution in [2.45, 2.75) is 19.0 Å². The Morgan fingerprint density at radius 3 is 2.68 bits per heavy atom. The second-order valence-corrected chi connectivity index (χ2v) is 4.95. The fraction of sp³-hybridized carbons (Fsp3) is 0.615. The first-order valence-corrected chi connectivity index (χ1v) is 6.42. The summed E-state index contributed by atoms with van der Waals surface area (Å²) >= 11 is 0. The lowest BCUT2D eigenvalue weighted by molar-refractivity contribution is -0.137. The third-order valence-electron chi connectivity index (χ3n) is 3.44. The number of halogens is 3. The van der Waals surface area contributed by atoms with Gasteiger partial charge in [0.25, 0.3) is 0 Å². The van der Waals surface area contributed by atoms with Crippen molar-refractivity contribution in [3.8, 4) is 0 Å².